The molecule has 0 aliphatic heterocycles. The first-order chi connectivity index (χ1) is 9.13. The minimum Gasteiger partial charge on any atom is -0.286 e. The van der Waals surface area contributed by atoms with Crippen molar-refractivity contribution < 1.29 is 10.0 Å². The lowest BCUT2D eigenvalue weighted by atomic mass is 9.98. The third-order valence-corrected chi connectivity index (χ3v) is 3.29. The highest BCUT2D eigenvalue weighted by Crippen LogP contribution is 2.12. The van der Waals surface area contributed by atoms with E-state index in [1.54, 1.807) is 0 Å². The van der Waals surface area contributed by atoms with Gasteiger partial charge in [-0.15, -0.1) is 0 Å². The summed E-state index contributed by atoms with van der Waals surface area (Å²) in [6.07, 6.45) is 4.07. The number of hydrogen-bond donors (Lipinski definition) is 1. The molecular weight excluding hydrogens is 238 g/mol. The normalized spacial score (nSPS) is 12.2. The number of amides is 1. The van der Waals surface area contributed by atoms with E-state index in [2.05, 4.69) is 19.1 Å². The minimum atomic E-state index is -0.159. The molecule has 0 fully saturated rings. The van der Waals surface area contributed by atoms with Gasteiger partial charge in [0.1, 0.15) is 0 Å². The highest BCUT2D eigenvalue weighted by atomic mass is 16.5. The first-order valence-electron chi connectivity index (χ1n) is 7.16. The Kier molecular flexibility index (Phi) is 7.19. The fourth-order valence-electron chi connectivity index (χ4n) is 2.04. The van der Waals surface area contributed by atoms with E-state index in [9.17, 15) is 10.0 Å². The molecule has 3 nitrogen and oxygen atoms in total. The topological polar surface area (TPSA) is 40.5 Å². The zero-order valence-electron chi connectivity index (χ0n) is 12.0. The van der Waals surface area contributed by atoms with E-state index in [-0.39, 0.29) is 5.91 Å². The van der Waals surface area contributed by atoms with Gasteiger partial charge in [-0.25, -0.2) is 5.06 Å². The lowest BCUT2D eigenvalue weighted by molar-refractivity contribution is -0.166. The Morgan fingerprint density at radius 3 is 2.63 bits per heavy atom. The number of carbonyl (C=O) groups is 1. The molecule has 3 heteroatoms. The Hall–Kier alpha value is -1.35. The van der Waals surface area contributed by atoms with E-state index in [0.717, 1.165) is 30.7 Å². The van der Waals surface area contributed by atoms with Crippen LogP contribution < -0.4 is 0 Å². The van der Waals surface area contributed by atoms with Crippen molar-refractivity contribution in [3.8, 4) is 0 Å². The van der Waals surface area contributed by atoms with Gasteiger partial charge in [-0.1, -0.05) is 50.6 Å². The third-order valence-electron chi connectivity index (χ3n) is 3.29. The van der Waals surface area contributed by atoms with Gasteiger partial charge >= 0.3 is 0 Å². The molecule has 0 bridgehead atoms. The molecule has 0 heterocycles. The van der Waals surface area contributed by atoms with E-state index < -0.39 is 0 Å². The van der Waals surface area contributed by atoms with Gasteiger partial charge in [-0.05, 0) is 30.7 Å². The molecule has 1 aromatic rings. The SMILES string of the molecule is CCCCC(=O)N(O)CCC(C)Cc1ccccc1. The fraction of sp³-hybridized carbons (Fsp3) is 0.562. The molecule has 1 amide bonds. The molecule has 0 saturated carbocycles. The highest BCUT2D eigenvalue weighted by molar-refractivity contribution is 5.74. The van der Waals surface area contributed by atoms with Crippen molar-refractivity contribution in [3.63, 3.8) is 0 Å². The maximum atomic E-state index is 11.5. The molecule has 1 atom stereocenters. The Morgan fingerprint density at radius 2 is 2.00 bits per heavy atom. The predicted molar refractivity (Wildman–Crippen MR) is 77.0 cm³/mol. The van der Waals surface area contributed by atoms with Gasteiger partial charge in [0.2, 0.25) is 5.91 Å². The maximum absolute atomic E-state index is 11.5. The van der Waals surface area contributed by atoms with Crippen LogP contribution in [0.1, 0.15) is 45.1 Å². The summed E-state index contributed by atoms with van der Waals surface area (Å²) in [5, 5.41) is 10.5. The van der Waals surface area contributed by atoms with Crippen molar-refractivity contribution in [3.05, 3.63) is 35.9 Å². The van der Waals surface area contributed by atoms with Gasteiger partial charge in [0.05, 0.1) is 0 Å². The van der Waals surface area contributed by atoms with Crippen LogP contribution in [0.15, 0.2) is 30.3 Å². The molecule has 19 heavy (non-hydrogen) atoms. The minimum absolute atomic E-state index is 0.159. The lowest BCUT2D eigenvalue weighted by Gasteiger charge is -2.18. The zero-order chi connectivity index (χ0) is 14.1. The van der Waals surface area contributed by atoms with Gasteiger partial charge in [0, 0.05) is 13.0 Å². The summed E-state index contributed by atoms with van der Waals surface area (Å²) in [6, 6.07) is 10.3. The summed E-state index contributed by atoms with van der Waals surface area (Å²) in [6.45, 7) is 4.62. The van der Waals surface area contributed by atoms with Crippen LogP contribution in [0.4, 0.5) is 0 Å². The molecule has 1 aromatic carbocycles. The number of unbranched alkanes of at least 4 members (excludes halogenated alkanes) is 1. The second-order valence-corrected chi connectivity index (χ2v) is 5.20. The average Bonchev–Trinajstić information content (AvgIpc) is 2.43. The molecule has 0 aliphatic rings. The molecule has 1 rings (SSSR count). The largest absolute Gasteiger partial charge is 0.286 e. The van der Waals surface area contributed by atoms with Crippen molar-refractivity contribution in [2.24, 2.45) is 5.92 Å². The number of benzene rings is 1. The van der Waals surface area contributed by atoms with Crippen LogP contribution in [0.5, 0.6) is 0 Å². The summed E-state index contributed by atoms with van der Waals surface area (Å²) in [5.74, 6) is 0.296. The second kappa shape index (κ2) is 8.70. The summed E-state index contributed by atoms with van der Waals surface area (Å²) in [7, 11) is 0. The summed E-state index contributed by atoms with van der Waals surface area (Å²) >= 11 is 0. The third kappa shape index (κ3) is 6.39. The quantitative estimate of drug-likeness (QED) is 0.574. The van der Waals surface area contributed by atoms with Gasteiger partial charge in [-0.3, -0.25) is 10.0 Å². The number of hydroxylamine groups is 2. The van der Waals surface area contributed by atoms with Crippen molar-refractivity contribution in [1.29, 1.82) is 0 Å². The van der Waals surface area contributed by atoms with E-state index in [4.69, 9.17) is 0 Å². The van der Waals surface area contributed by atoms with Crippen molar-refractivity contribution in [1.82, 2.24) is 5.06 Å². The van der Waals surface area contributed by atoms with Crippen LogP contribution in [0.25, 0.3) is 0 Å². The zero-order valence-corrected chi connectivity index (χ0v) is 12.0. The Balaban J connectivity index is 2.26. The molecule has 106 valence electrons. The number of nitrogens with zero attached hydrogens (tertiary/aromatic N) is 1. The van der Waals surface area contributed by atoms with Gasteiger partial charge in [0.15, 0.2) is 0 Å². The first-order valence-corrected chi connectivity index (χ1v) is 7.16. The first kappa shape index (κ1) is 15.7. The van der Waals surface area contributed by atoms with Gasteiger partial charge in [0.25, 0.3) is 0 Å². The predicted octanol–water partition coefficient (Wildman–Crippen LogP) is 3.66. The van der Waals surface area contributed by atoms with Crippen molar-refractivity contribution >= 4 is 5.91 Å². The van der Waals surface area contributed by atoms with Crippen LogP contribution in [-0.2, 0) is 11.2 Å². The van der Waals surface area contributed by atoms with Gasteiger partial charge in [-0.2, -0.15) is 0 Å². The summed E-state index contributed by atoms with van der Waals surface area (Å²) in [4.78, 5) is 11.5. The molecular formula is C16H25NO2. The molecule has 0 saturated heterocycles. The Bertz CT molecular complexity index is 364. The molecule has 1 unspecified atom stereocenters. The van der Waals surface area contributed by atoms with Crippen LogP contribution in [0.3, 0.4) is 0 Å². The monoisotopic (exact) mass is 263 g/mol. The summed E-state index contributed by atoms with van der Waals surface area (Å²) in [5.41, 5.74) is 1.30. The van der Waals surface area contributed by atoms with Crippen LogP contribution >= 0.6 is 0 Å². The van der Waals surface area contributed by atoms with E-state index in [1.165, 1.54) is 5.56 Å². The molecule has 0 aliphatic carbocycles. The molecule has 0 aromatic heterocycles. The van der Waals surface area contributed by atoms with Crippen LogP contribution in [0.2, 0.25) is 0 Å². The van der Waals surface area contributed by atoms with Gasteiger partial charge < -0.3 is 0 Å². The Morgan fingerprint density at radius 1 is 1.32 bits per heavy atom. The fourth-order valence-corrected chi connectivity index (χ4v) is 2.04. The lowest BCUT2D eigenvalue weighted by Crippen LogP contribution is -2.29. The average molecular weight is 263 g/mol. The molecule has 0 radical (unpaired) electrons. The number of carbonyl (C=O) groups excluding carboxylic acids is 1. The van der Waals surface area contributed by atoms with Crippen molar-refractivity contribution in [2.75, 3.05) is 6.54 Å². The number of rotatable bonds is 8. The van der Waals surface area contributed by atoms with Crippen molar-refractivity contribution in [2.45, 2.75) is 46.0 Å². The van der Waals surface area contributed by atoms with Crippen LogP contribution in [-0.4, -0.2) is 22.7 Å². The summed E-state index contributed by atoms with van der Waals surface area (Å²) < 4.78 is 0. The molecule has 0 spiro atoms. The number of hydrogen-bond acceptors (Lipinski definition) is 2. The smallest absolute Gasteiger partial charge is 0.245 e. The van der Waals surface area contributed by atoms with E-state index in [1.807, 2.05) is 25.1 Å². The van der Waals surface area contributed by atoms with E-state index >= 15 is 0 Å². The van der Waals surface area contributed by atoms with E-state index in [0.29, 0.717) is 18.9 Å². The standard InChI is InChI=1S/C16H25NO2/c1-3-4-10-16(18)17(19)12-11-14(2)13-15-8-6-5-7-9-15/h5-9,14,19H,3-4,10-13H2,1-2H3. The highest BCUT2D eigenvalue weighted by Gasteiger charge is 2.12. The molecule has 1 N–H and O–H groups in total. The van der Waals surface area contributed by atoms with Crippen LogP contribution in [0, 0.1) is 5.92 Å². The second-order valence-electron chi connectivity index (χ2n) is 5.20. The maximum Gasteiger partial charge on any atom is 0.245 e. The Labute approximate surface area is 116 Å².